The van der Waals surface area contributed by atoms with Gasteiger partial charge in [0.05, 0.1) is 10.6 Å². The monoisotopic (exact) mass is 386 g/mol. The number of benzene rings is 1. The number of rotatable bonds is 7. The van der Waals surface area contributed by atoms with Gasteiger partial charge in [0.2, 0.25) is 5.91 Å². The normalized spacial score (nSPS) is 10.9. The molecule has 136 valence electrons. The molecule has 0 aliphatic heterocycles. The van der Waals surface area contributed by atoms with Crippen LogP contribution < -0.4 is 0 Å². The van der Waals surface area contributed by atoms with E-state index in [9.17, 15) is 4.79 Å². The second-order valence-corrected chi connectivity index (χ2v) is 7.94. The summed E-state index contributed by atoms with van der Waals surface area (Å²) in [4.78, 5) is 15.3. The topological polar surface area (TPSA) is 51.0 Å². The quantitative estimate of drug-likeness (QED) is 0.579. The largest absolute Gasteiger partial charge is 0.341 e. The smallest absolute Gasteiger partial charge is 0.233 e. The van der Waals surface area contributed by atoms with Gasteiger partial charge in [0.25, 0.3) is 0 Å². The third-order valence-corrected chi connectivity index (χ3v) is 6.05. The van der Waals surface area contributed by atoms with Gasteiger partial charge in [-0.3, -0.25) is 4.79 Å². The van der Waals surface area contributed by atoms with E-state index < -0.39 is 0 Å². The molecule has 3 aromatic rings. The van der Waals surface area contributed by atoms with Crippen molar-refractivity contribution in [2.45, 2.75) is 25.0 Å². The first kappa shape index (κ1) is 18.7. The van der Waals surface area contributed by atoms with E-state index in [1.165, 1.54) is 17.3 Å². The maximum Gasteiger partial charge on any atom is 0.233 e. The molecule has 2 heterocycles. The second kappa shape index (κ2) is 8.51. The summed E-state index contributed by atoms with van der Waals surface area (Å²) in [6.45, 7) is 2.75. The molecule has 0 aliphatic rings. The van der Waals surface area contributed by atoms with Gasteiger partial charge in [0.15, 0.2) is 11.0 Å². The molecule has 26 heavy (non-hydrogen) atoms. The number of nitrogens with zero attached hydrogens (tertiary/aromatic N) is 4. The third-order valence-electron chi connectivity index (χ3n) is 4.18. The highest BCUT2D eigenvalue weighted by Crippen LogP contribution is 2.26. The molecule has 2 aromatic heterocycles. The van der Waals surface area contributed by atoms with Crippen LogP contribution in [0.25, 0.3) is 10.7 Å². The zero-order chi connectivity index (χ0) is 18.5. The van der Waals surface area contributed by atoms with Gasteiger partial charge in [-0.15, -0.1) is 21.5 Å². The molecule has 0 unspecified atom stereocenters. The van der Waals surface area contributed by atoms with E-state index >= 15 is 0 Å². The molecule has 7 heteroatoms. The summed E-state index contributed by atoms with van der Waals surface area (Å²) in [5.74, 6) is 1.26. The van der Waals surface area contributed by atoms with Crippen molar-refractivity contribution in [2.24, 2.45) is 7.05 Å². The number of hydrogen-bond donors (Lipinski definition) is 0. The van der Waals surface area contributed by atoms with Gasteiger partial charge in [-0.2, -0.15) is 0 Å². The summed E-state index contributed by atoms with van der Waals surface area (Å²) >= 11 is 3.05. The minimum absolute atomic E-state index is 0.0789. The molecule has 0 aliphatic carbocycles. The minimum Gasteiger partial charge on any atom is -0.341 e. The summed E-state index contributed by atoms with van der Waals surface area (Å²) in [6.07, 6.45) is 1.02. The molecule has 1 aromatic carbocycles. The summed E-state index contributed by atoms with van der Waals surface area (Å²) in [5.41, 5.74) is 2.45. The number of carbonyl (C=O) groups is 1. The Morgan fingerprint density at radius 2 is 1.92 bits per heavy atom. The van der Waals surface area contributed by atoms with Crippen LogP contribution >= 0.6 is 23.1 Å². The van der Waals surface area contributed by atoms with Crippen molar-refractivity contribution < 1.29 is 4.79 Å². The summed E-state index contributed by atoms with van der Waals surface area (Å²) in [6, 6.07) is 12.4. The van der Waals surface area contributed by atoms with E-state index in [0.29, 0.717) is 12.3 Å². The Hall–Kier alpha value is -2.12. The maximum atomic E-state index is 12.4. The number of thiophene rings is 1. The van der Waals surface area contributed by atoms with Crippen LogP contribution in [0.2, 0.25) is 0 Å². The number of aryl methyl sites for hydroxylation is 1. The third kappa shape index (κ3) is 4.34. The van der Waals surface area contributed by atoms with Crippen LogP contribution in [0.4, 0.5) is 0 Å². The molecule has 0 atom stereocenters. The van der Waals surface area contributed by atoms with Crippen molar-refractivity contribution in [3.63, 3.8) is 0 Å². The SMILES string of the molecule is CCc1ccc(CN(C)C(=O)CSc2nnc(-c3cccs3)n2C)cc1. The fourth-order valence-electron chi connectivity index (χ4n) is 2.54. The van der Waals surface area contributed by atoms with Crippen molar-refractivity contribution in [1.82, 2.24) is 19.7 Å². The van der Waals surface area contributed by atoms with Gasteiger partial charge < -0.3 is 9.47 Å². The summed E-state index contributed by atoms with van der Waals surface area (Å²) in [5, 5.41) is 11.2. The van der Waals surface area contributed by atoms with Gasteiger partial charge in [0, 0.05) is 20.6 Å². The number of hydrogen-bond acceptors (Lipinski definition) is 5. The van der Waals surface area contributed by atoms with E-state index in [4.69, 9.17) is 0 Å². The van der Waals surface area contributed by atoms with Crippen LogP contribution in [0.3, 0.4) is 0 Å². The lowest BCUT2D eigenvalue weighted by Crippen LogP contribution is -2.27. The zero-order valence-corrected chi connectivity index (χ0v) is 16.8. The fourth-order valence-corrected chi connectivity index (χ4v) is 4.14. The first-order valence-electron chi connectivity index (χ1n) is 8.46. The first-order valence-corrected chi connectivity index (χ1v) is 10.3. The molecular formula is C19H22N4OS2. The first-order chi connectivity index (χ1) is 12.6. The van der Waals surface area contributed by atoms with E-state index in [0.717, 1.165) is 27.8 Å². The maximum absolute atomic E-state index is 12.4. The molecule has 0 saturated carbocycles. The fraction of sp³-hybridized carbons (Fsp3) is 0.316. The van der Waals surface area contributed by atoms with Crippen molar-refractivity contribution in [3.05, 3.63) is 52.9 Å². The average Bonchev–Trinajstić information content (AvgIpc) is 3.30. The van der Waals surface area contributed by atoms with Gasteiger partial charge >= 0.3 is 0 Å². The highest BCUT2D eigenvalue weighted by molar-refractivity contribution is 7.99. The molecule has 1 amide bonds. The van der Waals surface area contributed by atoms with Crippen molar-refractivity contribution in [1.29, 1.82) is 0 Å². The Morgan fingerprint density at radius 3 is 2.58 bits per heavy atom. The van der Waals surface area contributed by atoms with Crippen LogP contribution in [0, 0.1) is 0 Å². The molecule has 0 N–H and O–H groups in total. The Labute approximate surface area is 162 Å². The Bertz CT molecular complexity index is 856. The molecule has 0 spiro atoms. The van der Waals surface area contributed by atoms with E-state index in [-0.39, 0.29) is 5.91 Å². The predicted molar refractivity (Wildman–Crippen MR) is 107 cm³/mol. The minimum atomic E-state index is 0.0789. The standard InChI is InChI=1S/C19H22N4OS2/c1-4-14-7-9-15(10-8-14)12-22(2)17(24)13-26-19-21-20-18(23(19)3)16-6-5-11-25-16/h5-11H,4,12-13H2,1-3H3. The van der Waals surface area contributed by atoms with Crippen LogP contribution in [0.5, 0.6) is 0 Å². The van der Waals surface area contributed by atoms with Crippen molar-refractivity contribution in [2.75, 3.05) is 12.8 Å². The second-order valence-electron chi connectivity index (χ2n) is 6.05. The van der Waals surface area contributed by atoms with Crippen LogP contribution in [0.1, 0.15) is 18.1 Å². The van der Waals surface area contributed by atoms with Crippen molar-refractivity contribution >= 4 is 29.0 Å². The van der Waals surface area contributed by atoms with Gasteiger partial charge in [-0.25, -0.2) is 0 Å². The van der Waals surface area contributed by atoms with Gasteiger partial charge in [-0.1, -0.05) is 49.0 Å². The molecule has 0 fully saturated rings. The molecule has 3 rings (SSSR count). The predicted octanol–water partition coefficient (Wildman–Crippen LogP) is 3.86. The van der Waals surface area contributed by atoms with E-state index in [2.05, 4.69) is 41.4 Å². The Kier molecular flexibility index (Phi) is 6.11. The highest BCUT2D eigenvalue weighted by Gasteiger charge is 2.15. The highest BCUT2D eigenvalue weighted by atomic mass is 32.2. The number of thioether (sulfide) groups is 1. The molecule has 0 bridgehead atoms. The van der Waals surface area contributed by atoms with Gasteiger partial charge in [-0.05, 0) is 29.0 Å². The van der Waals surface area contributed by atoms with Gasteiger partial charge in [0.1, 0.15) is 0 Å². The van der Waals surface area contributed by atoms with E-state index in [1.54, 1.807) is 16.2 Å². The lowest BCUT2D eigenvalue weighted by atomic mass is 10.1. The lowest BCUT2D eigenvalue weighted by molar-refractivity contribution is -0.127. The number of carbonyl (C=O) groups excluding carboxylic acids is 1. The summed E-state index contributed by atoms with van der Waals surface area (Å²) in [7, 11) is 3.77. The van der Waals surface area contributed by atoms with Crippen LogP contribution in [-0.2, 0) is 24.8 Å². The Balaban J connectivity index is 1.56. The summed E-state index contributed by atoms with van der Waals surface area (Å²) < 4.78 is 1.94. The zero-order valence-electron chi connectivity index (χ0n) is 15.2. The van der Waals surface area contributed by atoms with Crippen LogP contribution in [-0.4, -0.2) is 38.4 Å². The van der Waals surface area contributed by atoms with Crippen molar-refractivity contribution in [3.8, 4) is 10.7 Å². The lowest BCUT2D eigenvalue weighted by Gasteiger charge is -2.17. The van der Waals surface area contributed by atoms with E-state index in [1.807, 2.05) is 36.2 Å². The molecule has 0 radical (unpaired) electrons. The number of aromatic nitrogens is 3. The molecule has 5 nitrogen and oxygen atoms in total. The Morgan fingerprint density at radius 1 is 1.19 bits per heavy atom. The molecule has 0 saturated heterocycles. The van der Waals surface area contributed by atoms with Crippen LogP contribution in [0.15, 0.2) is 46.9 Å². The molecular weight excluding hydrogens is 364 g/mol. The average molecular weight is 387 g/mol. The number of amides is 1.